The van der Waals surface area contributed by atoms with Crippen LogP contribution < -0.4 is 0 Å². The van der Waals surface area contributed by atoms with Crippen molar-refractivity contribution in [3.63, 3.8) is 0 Å². The molecule has 0 unspecified atom stereocenters. The first-order valence-corrected chi connectivity index (χ1v) is 9.26. The Bertz CT molecular complexity index is 37.3. The van der Waals surface area contributed by atoms with Gasteiger partial charge in [0.2, 0.25) is 0 Å². The quantitative estimate of drug-likeness (QED) is 0.512. The number of rotatable bonds is 1. The maximum absolute atomic E-state index is 5.12. The van der Waals surface area contributed by atoms with Gasteiger partial charge in [0.25, 0.3) is 0 Å². The molecule has 0 aromatic carbocycles. The molecule has 0 aromatic rings. The van der Waals surface area contributed by atoms with Gasteiger partial charge in [-0.1, -0.05) is 0 Å². The Labute approximate surface area is 42.4 Å². The normalized spacial score (nSPS) is 12.0. The topological polar surface area (TPSA) is 9.23 Å². The zero-order valence-corrected chi connectivity index (χ0v) is 7.01. The molecule has 0 aliphatic carbocycles. The molecule has 0 aromatic heterocycles. The van der Waals surface area contributed by atoms with Gasteiger partial charge < -0.3 is 0 Å². The summed E-state index contributed by atoms with van der Waals surface area (Å²) < 4.78 is 5.12. The molecule has 2 heteroatoms. The number of hydrogen-bond donors (Lipinski definition) is 0. The van der Waals surface area contributed by atoms with E-state index in [1.54, 1.807) is 7.11 Å². The molecule has 0 saturated carbocycles. The molecule has 0 amide bonds. The molecule has 1 nitrogen and oxygen atoms in total. The third-order valence-electron chi connectivity index (χ3n) is 0.612. The molecule has 0 radical (unpaired) electrons. The molecule has 0 atom stereocenters. The fourth-order valence-corrected chi connectivity index (χ4v) is 0. The molecule has 0 aliphatic heterocycles. The first-order chi connectivity index (χ1) is 2.56. The van der Waals surface area contributed by atoms with Gasteiger partial charge in [-0.15, -0.1) is 0 Å². The van der Waals surface area contributed by atoms with E-state index in [9.17, 15) is 0 Å². The van der Waals surface area contributed by atoms with E-state index in [2.05, 4.69) is 17.3 Å². The summed E-state index contributed by atoms with van der Waals surface area (Å²) >= 11 is -1.54. The first kappa shape index (κ1) is 6.50. The van der Waals surface area contributed by atoms with Gasteiger partial charge in [-0.3, -0.25) is 0 Å². The van der Waals surface area contributed by atoms with Gasteiger partial charge >= 0.3 is 41.7 Å². The van der Waals surface area contributed by atoms with Crippen molar-refractivity contribution >= 4 is 13.6 Å². The summed E-state index contributed by atoms with van der Waals surface area (Å²) in [5, 5.41) is 0. The van der Waals surface area contributed by atoms with Crippen LogP contribution in [0.3, 0.4) is 0 Å². The monoisotopic (exact) mass is 150 g/mol. The van der Waals surface area contributed by atoms with Crippen LogP contribution in [0.1, 0.15) is 0 Å². The van der Waals surface area contributed by atoms with Crippen molar-refractivity contribution in [2.75, 3.05) is 7.11 Å². The second-order valence-corrected chi connectivity index (χ2v) is 12.0. The van der Waals surface area contributed by atoms with Crippen molar-refractivity contribution in [1.82, 2.24) is 0 Å². The van der Waals surface area contributed by atoms with Crippen LogP contribution in [-0.4, -0.2) is 20.7 Å². The molecule has 0 fully saturated rings. The van der Waals surface area contributed by atoms with E-state index < -0.39 is 13.6 Å². The van der Waals surface area contributed by atoms with Crippen LogP contribution in [0, 0.1) is 0 Å². The fraction of sp³-hybridized carbons (Fsp3) is 1.00. The number of hydrogen-bond acceptors (Lipinski definition) is 1. The first-order valence-electron chi connectivity index (χ1n) is 2.11. The minimum absolute atomic E-state index is 1.54. The van der Waals surface area contributed by atoms with Gasteiger partial charge in [-0.05, 0) is 0 Å². The summed E-state index contributed by atoms with van der Waals surface area (Å²) in [4.78, 5) is 0. The van der Waals surface area contributed by atoms with Gasteiger partial charge in [0.1, 0.15) is 0 Å². The average Bonchev–Trinajstić information content (AvgIpc) is 1.35. The Kier molecular flexibility index (Phi) is 2.15. The standard InChI is InChI=1S/C4H12GeO/c1-5(2,3)6-4/h1-4H3. The molecule has 38 valence electrons. The third-order valence-corrected chi connectivity index (χ3v) is 3.18. The summed E-state index contributed by atoms with van der Waals surface area (Å²) in [5.74, 6) is 6.62. The van der Waals surface area contributed by atoms with Crippen LogP contribution in [-0.2, 0) is 3.76 Å². The SMILES string of the molecule is C[O][Ge]([CH3])([CH3])[CH3]. The molecule has 0 heterocycles. The zero-order valence-electron chi connectivity index (χ0n) is 4.91. The summed E-state index contributed by atoms with van der Waals surface area (Å²) in [7, 11) is 1.79. The zero-order chi connectivity index (χ0) is 5.21. The van der Waals surface area contributed by atoms with Gasteiger partial charge in [0.15, 0.2) is 0 Å². The molecule has 0 saturated heterocycles. The van der Waals surface area contributed by atoms with Crippen LogP contribution in [0.2, 0.25) is 17.3 Å². The van der Waals surface area contributed by atoms with E-state index >= 15 is 0 Å². The fourth-order valence-electron chi connectivity index (χ4n) is 0. The third kappa shape index (κ3) is 4.50. The van der Waals surface area contributed by atoms with Crippen LogP contribution in [0.15, 0.2) is 0 Å². The van der Waals surface area contributed by atoms with Crippen LogP contribution in [0.5, 0.6) is 0 Å². The van der Waals surface area contributed by atoms with Crippen LogP contribution in [0.4, 0.5) is 0 Å². The maximum atomic E-state index is 5.12. The van der Waals surface area contributed by atoms with Crippen molar-refractivity contribution in [3.05, 3.63) is 0 Å². The van der Waals surface area contributed by atoms with E-state index in [1.165, 1.54) is 0 Å². The molecule has 6 heavy (non-hydrogen) atoms. The molecule has 0 spiro atoms. The van der Waals surface area contributed by atoms with Crippen LogP contribution >= 0.6 is 0 Å². The van der Waals surface area contributed by atoms with E-state index in [0.717, 1.165) is 0 Å². The van der Waals surface area contributed by atoms with Gasteiger partial charge in [-0.2, -0.15) is 0 Å². The average molecular weight is 149 g/mol. The van der Waals surface area contributed by atoms with Crippen molar-refractivity contribution in [1.29, 1.82) is 0 Å². The molecule has 0 bridgehead atoms. The Morgan fingerprint density at radius 2 is 1.33 bits per heavy atom. The molecule has 0 aliphatic rings. The Morgan fingerprint density at radius 3 is 1.33 bits per heavy atom. The van der Waals surface area contributed by atoms with Crippen molar-refractivity contribution in [2.24, 2.45) is 0 Å². The van der Waals surface area contributed by atoms with Crippen LogP contribution in [0.25, 0.3) is 0 Å². The van der Waals surface area contributed by atoms with E-state index in [-0.39, 0.29) is 0 Å². The van der Waals surface area contributed by atoms with Crippen molar-refractivity contribution in [3.8, 4) is 0 Å². The van der Waals surface area contributed by atoms with E-state index in [0.29, 0.717) is 0 Å². The Morgan fingerprint density at radius 1 is 1.17 bits per heavy atom. The summed E-state index contributed by atoms with van der Waals surface area (Å²) in [6.07, 6.45) is 0. The second-order valence-electron chi connectivity index (χ2n) is 2.32. The van der Waals surface area contributed by atoms with Crippen molar-refractivity contribution < 1.29 is 3.76 Å². The summed E-state index contributed by atoms with van der Waals surface area (Å²) in [5.41, 5.74) is 0. The van der Waals surface area contributed by atoms with Gasteiger partial charge in [0, 0.05) is 0 Å². The Hall–Kier alpha value is 0.503. The minimum atomic E-state index is -1.54. The Balaban J connectivity index is 3.17. The molecule has 0 N–H and O–H groups in total. The second kappa shape index (κ2) is 1.98. The van der Waals surface area contributed by atoms with E-state index in [1.807, 2.05) is 0 Å². The predicted octanol–water partition coefficient (Wildman–Crippen LogP) is 1.47. The van der Waals surface area contributed by atoms with E-state index in [4.69, 9.17) is 3.76 Å². The molecule has 0 rings (SSSR count). The predicted molar refractivity (Wildman–Crippen MR) is 30.4 cm³/mol. The molecular formula is C4H12GeO. The molecular weight excluding hydrogens is 137 g/mol. The summed E-state index contributed by atoms with van der Waals surface area (Å²) in [6, 6.07) is 0. The van der Waals surface area contributed by atoms with Crippen molar-refractivity contribution in [2.45, 2.75) is 17.3 Å². The van der Waals surface area contributed by atoms with Gasteiger partial charge in [0.05, 0.1) is 0 Å². The summed E-state index contributed by atoms with van der Waals surface area (Å²) in [6.45, 7) is 0. The van der Waals surface area contributed by atoms with Gasteiger partial charge in [-0.25, -0.2) is 0 Å².